The minimum Gasteiger partial charge on any atom is -0.458 e. The van der Waals surface area contributed by atoms with Crippen molar-refractivity contribution in [1.82, 2.24) is 0 Å². The van der Waals surface area contributed by atoms with Crippen molar-refractivity contribution < 1.29 is 28.5 Å². The molecule has 0 radical (unpaired) electrons. The third kappa shape index (κ3) is 4.25. The van der Waals surface area contributed by atoms with E-state index in [1.165, 1.54) is 12.5 Å². The van der Waals surface area contributed by atoms with Gasteiger partial charge in [0.2, 0.25) is 0 Å². The molecule has 6 heteroatoms. The third-order valence-corrected chi connectivity index (χ3v) is 9.05. The Labute approximate surface area is 207 Å². The number of cyclic esters (lactones) is 1. The lowest BCUT2D eigenvalue weighted by Crippen LogP contribution is -2.60. The molecule has 2 unspecified atom stereocenters. The lowest BCUT2D eigenvalue weighted by atomic mass is 9.46. The summed E-state index contributed by atoms with van der Waals surface area (Å²) in [6.45, 7) is 11.3. The summed E-state index contributed by atoms with van der Waals surface area (Å²) in [6, 6.07) is 10.2. The van der Waals surface area contributed by atoms with Crippen LogP contribution in [0.15, 0.2) is 54.1 Å². The molecule has 0 spiro atoms. The van der Waals surface area contributed by atoms with Crippen LogP contribution in [0.4, 0.5) is 0 Å². The zero-order valence-corrected chi connectivity index (χ0v) is 21.0. The molecule has 7 atom stereocenters. The van der Waals surface area contributed by atoms with E-state index in [-0.39, 0.29) is 35.7 Å². The zero-order valence-electron chi connectivity index (χ0n) is 21.0. The SMILES string of the molecule is C=C1CC[C@@H]2[C@]3(C)COC(c4ccccc4)O[C@@H]3CC[C@@]2(C)[C@@H]1C/C=C1/C(=O)OCC1OC(C)=O. The molecule has 0 aromatic heterocycles. The van der Waals surface area contributed by atoms with Gasteiger partial charge in [0.1, 0.15) is 6.61 Å². The molecule has 1 aromatic rings. The molecular weight excluding hydrogens is 444 g/mol. The number of benzene rings is 1. The quantitative estimate of drug-likeness (QED) is 0.331. The summed E-state index contributed by atoms with van der Waals surface area (Å²) < 4.78 is 23.4. The van der Waals surface area contributed by atoms with Gasteiger partial charge in [0, 0.05) is 17.9 Å². The summed E-state index contributed by atoms with van der Waals surface area (Å²) in [6.07, 6.45) is 5.84. The van der Waals surface area contributed by atoms with Crippen molar-refractivity contribution in [3.05, 3.63) is 59.7 Å². The number of ether oxygens (including phenoxy) is 4. The van der Waals surface area contributed by atoms with E-state index in [0.717, 1.165) is 31.2 Å². The second kappa shape index (κ2) is 9.21. The Morgan fingerprint density at radius 2 is 1.97 bits per heavy atom. The van der Waals surface area contributed by atoms with E-state index in [0.29, 0.717) is 24.5 Å². The highest BCUT2D eigenvalue weighted by Gasteiger charge is 2.60. The topological polar surface area (TPSA) is 71.1 Å². The molecule has 5 rings (SSSR count). The maximum absolute atomic E-state index is 12.3. The average Bonchev–Trinajstić information content (AvgIpc) is 3.17. The highest BCUT2D eigenvalue weighted by atomic mass is 16.7. The Morgan fingerprint density at radius 3 is 2.71 bits per heavy atom. The minimum absolute atomic E-state index is 0.0172. The molecule has 0 N–H and O–H groups in total. The standard InChI is InChI=1S/C29H36O6/c1-18-10-13-24-28(3,22(18)12-11-21-23(34-19(2)30)16-32-26(21)31)15-14-25-29(24,4)17-33-27(35-25)20-8-6-5-7-9-20/h5-9,11,22-25,27H,1,10,12-17H2,2-4H3/b21-11+/t22-,23?,24+,25-,27?,28+,29+/m1/s1. The number of allylic oxidation sites excluding steroid dienone is 2. The lowest BCUT2D eigenvalue weighted by Gasteiger charge is -2.62. The first-order valence-electron chi connectivity index (χ1n) is 12.8. The summed E-state index contributed by atoms with van der Waals surface area (Å²) in [5.74, 6) is -0.161. The average molecular weight is 481 g/mol. The van der Waals surface area contributed by atoms with Crippen molar-refractivity contribution in [2.45, 2.75) is 71.4 Å². The van der Waals surface area contributed by atoms with Gasteiger partial charge in [-0.05, 0) is 49.4 Å². The number of carbonyl (C=O) groups excluding carboxylic acids is 2. The second-order valence-corrected chi connectivity index (χ2v) is 11.1. The fraction of sp³-hybridized carbons (Fsp3) is 0.586. The van der Waals surface area contributed by atoms with Gasteiger partial charge >= 0.3 is 11.9 Å². The van der Waals surface area contributed by atoms with E-state index in [2.05, 4.69) is 32.6 Å². The highest BCUT2D eigenvalue weighted by Crippen LogP contribution is 2.63. The predicted molar refractivity (Wildman–Crippen MR) is 130 cm³/mol. The Morgan fingerprint density at radius 1 is 1.20 bits per heavy atom. The number of hydrogen-bond acceptors (Lipinski definition) is 6. The van der Waals surface area contributed by atoms with Crippen LogP contribution in [0.2, 0.25) is 0 Å². The molecule has 4 fully saturated rings. The highest BCUT2D eigenvalue weighted by molar-refractivity contribution is 5.92. The second-order valence-electron chi connectivity index (χ2n) is 11.1. The van der Waals surface area contributed by atoms with E-state index in [1.807, 2.05) is 24.3 Å². The largest absolute Gasteiger partial charge is 0.458 e. The van der Waals surface area contributed by atoms with Crippen molar-refractivity contribution in [2.75, 3.05) is 13.2 Å². The van der Waals surface area contributed by atoms with Crippen LogP contribution in [-0.2, 0) is 28.5 Å². The monoisotopic (exact) mass is 480 g/mol. The fourth-order valence-electron chi connectivity index (χ4n) is 7.27. The molecule has 2 aliphatic heterocycles. The first kappa shape index (κ1) is 24.3. The first-order valence-corrected chi connectivity index (χ1v) is 12.8. The van der Waals surface area contributed by atoms with Crippen molar-refractivity contribution in [3.63, 3.8) is 0 Å². The molecular formula is C29H36O6. The van der Waals surface area contributed by atoms with Gasteiger partial charge in [-0.2, -0.15) is 0 Å². The fourth-order valence-corrected chi connectivity index (χ4v) is 7.27. The molecule has 2 saturated carbocycles. The van der Waals surface area contributed by atoms with Crippen molar-refractivity contribution in [3.8, 4) is 0 Å². The van der Waals surface area contributed by atoms with Crippen LogP contribution in [0.1, 0.15) is 64.7 Å². The zero-order chi connectivity index (χ0) is 24.8. The minimum atomic E-state index is -0.622. The maximum Gasteiger partial charge on any atom is 0.337 e. The lowest BCUT2D eigenvalue weighted by molar-refractivity contribution is -0.307. The number of fused-ring (bicyclic) bond motifs is 3. The summed E-state index contributed by atoms with van der Waals surface area (Å²) in [4.78, 5) is 23.8. The molecule has 2 heterocycles. The van der Waals surface area contributed by atoms with Gasteiger partial charge in [-0.3, -0.25) is 4.79 Å². The van der Waals surface area contributed by atoms with Gasteiger partial charge in [0.05, 0.1) is 18.3 Å². The maximum atomic E-state index is 12.3. The number of hydrogen-bond donors (Lipinski definition) is 0. The van der Waals surface area contributed by atoms with Crippen LogP contribution >= 0.6 is 0 Å². The smallest absolute Gasteiger partial charge is 0.337 e. The van der Waals surface area contributed by atoms with Crippen LogP contribution < -0.4 is 0 Å². The Kier molecular flexibility index (Phi) is 6.39. The van der Waals surface area contributed by atoms with Crippen LogP contribution in [0, 0.1) is 22.7 Å². The van der Waals surface area contributed by atoms with Crippen molar-refractivity contribution >= 4 is 11.9 Å². The summed E-state index contributed by atoms with van der Waals surface area (Å²) in [7, 11) is 0. The molecule has 2 aliphatic carbocycles. The first-order chi connectivity index (χ1) is 16.7. The third-order valence-electron chi connectivity index (χ3n) is 9.05. The van der Waals surface area contributed by atoms with E-state index in [4.69, 9.17) is 18.9 Å². The summed E-state index contributed by atoms with van der Waals surface area (Å²) >= 11 is 0. The van der Waals surface area contributed by atoms with E-state index >= 15 is 0 Å². The van der Waals surface area contributed by atoms with Crippen LogP contribution in [0.3, 0.4) is 0 Å². The number of esters is 2. The normalized spacial score (nSPS) is 40.1. The Balaban J connectivity index is 1.36. The number of carbonyl (C=O) groups is 2. The molecule has 188 valence electrons. The molecule has 2 saturated heterocycles. The summed E-state index contributed by atoms with van der Waals surface area (Å²) in [5.41, 5.74) is 2.68. The van der Waals surface area contributed by atoms with Crippen LogP contribution in [0.5, 0.6) is 0 Å². The van der Waals surface area contributed by atoms with Gasteiger partial charge in [0.15, 0.2) is 12.4 Å². The van der Waals surface area contributed by atoms with Crippen molar-refractivity contribution in [1.29, 1.82) is 0 Å². The molecule has 6 nitrogen and oxygen atoms in total. The molecule has 0 bridgehead atoms. The number of rotatable bonds is 4. The molecule has 35 heavy (non-hydrogen) atoms. The summed E-state index contributed by atoms with van der Waals surface area (Å²) in [5, 5.41) is 0. The van der Waals surface area contributed by atoms with Gasteiger partial charge in [-0.15, -0.1) is 0 Å². The Bertz CT molecular complexity index is 1030. The van der Waals surface area contributed by atoms with E-state index < -0.39 is 18.0 Å². The Hall–Kier alpha value is -2.44. The molecule has 4 aliphatic rings. The van der Waals surface area contributed by atoms with E-state index in [9.17, 15) is 9.59 Å². The van der Waals surface area contributed by atoms with Crippen LogP contribution in [-0.4, -0.2) is 37.4 Å². The van der Waals surface area contributed by atoms with Gasteiger partial charge in [0.25, 0.3) is 0 Å². The van der Waals surface area contributed by atoms with Gasteiger partial charge < -0.3 is 18.9 Å². The van der Waals surface area contributed by atoms with Crippen molar-refractivity contribution in [2.24, 2.45) is 22.7 Å². The predicted octanol–water partition coefficient (Wildman–Crippen LogP) is 5.29. The van der Waals surface area contributed by atoms with E-state index in [1.54, 1.807) is 0 Å². The molecule has 0 amide bonds. The van der Waals surface area contributed by atoms with Gasteiger partial charge in [-0.1, -0.05) is 62.4 Å². The molecule has 1 aromatic carbocycles. The van der Waals surface area contributed by atoms with Gasteiger partial charge in [-0.25, -0.2) is 4.79 Å². The van der Waals surface area contributed by atoms with Crippen LogP contribution in [0.25, 0.3) is 0 Å².